The Kier molecular flexibility index (Phi) is 3.75. The molecule has 2 heterocycles. The summed E-state index contributed by atoms with van der Waals surface area (Å²) in [4.78, 5) is 38.0. The van der Waals surface area contributed by atoms with Crippen LogP contribution in [0.3, 0.4) is 0 Å². The van der Waals surface area contributed by atoms with Gasteiger partial charge in [0.25, 0.3) is 0 Å². The lowest BCUT2D eigenvalue weighted by Crippen LogP contribution is -2.48. The smallest absolute Gasteiger partial charge is 0.340 e. The van der Waals surface area contributed by atoms with Gasteiger partial charge in [-0.2, -0.15) is 0 Å². The lowest BCUT2D eigenvalue weighted by Gasteiger charge is -2.35. The van der Waals surface area contributed by atoms with E-state index in [4.69, 9.17) is 19.9 Å². The van der Waals surface area contributed by atoms with Gasteiger partial charge in [-0.15, -0.1) is 0 Å². The summed E-state index contributed by atoms with van der Waals surface area (Å²) in [6, 6.07) is 6.53. The van der Waals surface area contributed by atoms with E-state index in [1.807, 2.05) is 0 Å². The van der Waals surface area contributed by atoms with Crippen molar-refractivity contribution in [2.24, 2.45) is 5.73 Å². The van der Waals surface area contributed by atoms with Crippen molar-refractivity contribution in [3.05, 3.63) is 52.6 Å². The van der Waals surface area contributed by atoms with Gasteiger partial charge < -0.3 is 25.3 Å². The second-order valence-electron chi connectivity index (χ2n) is 5.52. The molecule has 1 aromatic rings. The third kappa shape index (κ3) is 2.03. The van der Waals surface area contributed by atoms with Crippen LogP contribution in [-0.2, 0) is 29.3 Å². The highest BCUT2D eigenvalue weighted by atomic mass is 16.5. The third-order valence-electron chi connectivity index (χ3n) is 4.30. The topological polar surface area (TPSA) is 117 Å². The fourth-order valence-electron chi connectivity index (χ4n) is 3.34. The normalized spacial score (nSPS) is 21.6. The Hall–Kier alpha value is -3.29. The molecule has 25 heavy (non-hydrogen) atoms. The number of nitrogens with one attached hydrogen (secondary N) is 1. The van der Waals surface area contributed by atoms with E-state index in [2.05, 4.69) is 5.32 Å². The second-order valence-corrected chi connectivity index (χ2v) is 5.52. The number of rotatable bonds is 2. The van der Waals surface area contributed by atoms with Crippen molar-refractivity contribution in [2.45, 2.75) is 12.3 Å². The summed E-state index contributed by atoms with van der Waals surface area (Å²) in [6.07, 6.45) is 0. The third-order valence-corrected chi connectivity index (χ3v) is 4.30. The van der Waals surface area contributed by atoms with Crippen molar-refractivity contribution >= 4 is 17.8 Å². The van der Waals surface area contributed by atoms with Crippen molar-refractivity contribution in [2.75, 3.05) is 14.2 Å². The highest BCUT2D eigenvalue weighted by molar-refractivity contribution is 6.17. The minimum Gasteiger partial charge on any atom is -0.466 e. The Labute approximate surface area is 143 Å². The molecular weight excluding hydrogens is 328 g/mol. The Morgan fingerprint density at radius 2 is 1.72 bits per heavy atom. The molecule has 1 spiro atoms. The number of ether oxygens (including phenoxy) is 3. The van der Waals surface area contributed by atoms with E-state index in [1.54, 1.807) is 31.2 Å². The van der Waals surface area contributed by atoms with Gasteiger partial charge in [-0.3, -0.25) is 4.79 Å². The molecule has 0 saturated carbocycles. The van der Waals surface area contributed by atoms with Crippen LogP contribution in [0, 0.1) is 0 Å². The van der Waals surface area contributed by atoms with Gasteiger partial charge in [0.2, 0.25) is 11.8 Å². The summed E-state index contributed by atoms with van der Waals surface area (Å²) < 4.78 is 15.1. The Balaban J connectivity index is 2.45. The molecule has 0 aliphatic carbocycles. The minimum atomic E-state index is -1.80. The number of nitrogens with two attached hydrogens (primary N) is 1. The first kappa shape index (κ1) is 16.6. The molecule has 1 unspecified atom stereocenters. The van der Waals surface area contributed by atoms with Crippen LogP contribution < -0.4 is 15.8 Å². The zero-order valence-electron chi connectivity index (χ0n) is 13.8. The number of para-hydroxylation sites is 1. The average molecular weight is 344 g/mol. The fraction of sp³-hybridized carbons (Fsp3) is 0.235. The van der Waals surface area contributed by atoms with Gasteiger partial charge in [0.1, 0.15) is 16.7 Å². The van der Waals surface area contributed by atoms with Crippen molar-refractivity contribution in [3.63, 3.8) is 0 Å². The number of benzene rings is 1. The largest absolute Gasteiger partial charge is 0.466 e. The van der Waals surface area contributed by atoms with Gasteiger partial charge in [-0.1, -0.05) is 18.2 Å². The van der Waals surface area contributed by atoms with Crippen molar-refractivity contribution in [1.82, 2.24) is 5.32 Å². The van der Waals surface area contributed by atoms with Crippen molar-refractivity contribution in [1.29, 1.82) is 0 Å². The molecule has 2 aliphatic heterocycles. The number of hydrogen-bond donors (Lipinski definition) is 2. The first-order valence-electron chi connectivity index (χ1n) is 7.36. The standard InChI is InChI=1S/C17H16N2O6/c1-8-11(14(20)23-2)17(16(22)19-8)9-6-4-5-7-10(9)25-13(18)12(17)15(21)24-3/h4-7H,18H2,1-3H3,(H,19,22). The van der Waals surface area contributed by atoms with Crippen LogP contribution in [0.2, 0.25) is 0 Å². The summed E-state index contributed by atoms with van der Waals surface area (Å²) in [5.41, 5.74) is 4.42. The number of fused-ring (bicyclic) bond motifs is 2. The number of allylic oxidation sites excluding steroid dienone is 1. The summed E-state index contributed by atoms with van der Waals surface area (Å²) in [5, 5.41) is 2.60. The molecule has 0 fully saturated rings. The Bertz CT molecular complexity index is 870. The predicted octanol–water partition coefficient (Wildman–Crippen LogP) is 0.237. The maximum Gasteiger partial charge on any atom is 0.340 e. The number of methoxy groups -OCH3 is 2. The number of carbonyl (C=O) groups excluding carboxylic acids is 3. The monoisotopic (exact) mass is 344 g/mol. The fourth-order valence-corrected chi connectivity index (χ4v) is 3.34. The summed E-state index contributed by atoms with van der Waals surface area (Å²) in [6.45, 7) is 1.54. The molecule has 0 aromatic heterocycles. The molecule has 0 saturated heterocycles. The lowest BCUT2D eigenvalue weighted by atomic mass is 9.67. The van der Waals surface area contributed by atoms with E-state index in [9.17, 15) is 14.4 Å². The van der Waals surface area contributed by atoms with Crippen LogP contribution in [0.5, 0.6) is 5.75 Å². The van der Waals surface area contributed by atoms with Crippen LogP contribution in [0.15, 0.2) is 47.0 Å². The molecule has 1 amide bonds. The predicted molar refractivity (Wildman–Crippen MR) is 84.8 cm³/mol. The summed E-state index contributed by atoms with van der Waals surface area (Å²) >= 11 is 0. The molecule has 130 valence electrons. The number of hydrogen-bond acceptors (Lipinski definition) is 7. The SMILES string of the molecule is COC(=O)C1=C(C)NC(=O)C12C(C(=O)OC)=C(N)Oc1ccccc12. The van der Waals surface area contributed by atoms with Crippen molar-refractivity contribution in [3.8, 4) is 5.75 Å². The van der Waals surface area contributed by atoms with Crippen LogP contribution in [0.1, 0.15) is 12.5 Å². The number of esters is 2. The van der Waals surface area contributed by atoms with Crippen LogP contribution >= 0.6 is 0 Å². The van der Waals surface area contributed by atoms with E-state index in [1.165, 1.54) is 7.11 Å². The second kappa shape index (κ2) is 5.66. The minimum absolute atomic E-state index is 0.0286. The van der Waals surface area contributed by atoms with E-state index >= 15 is 0 Å². The number of amides is 1. The summed E-state index contributed by atoms with van der Waals surface area (Å²) in [7, 11) is 2.34. The molecule has 0 radical (unpaired) electrons. The summed E-state index contributed by atoms with van der Waals surface area (Å²) in [5.74, 6) is -2.29. The molecule has 2 aliphatic rings. The first-order chi connectivity index (χ1) is 11.9. The Morgan fingerprint density at radius 1 is 1.12 bits per heavy atom. The molecule has 0 bridgehead atoms. The molecule has 1 aromatic carbocycles. The molecule has 8 heteroatoms. The van der Waals surface area contributed by atoms with Crippen LogP contribution in [0.25, 0.3) is 0 Å². The maximum absolute atomic E-state index is 13.0. The number of carbonyl (C=O) groups is 3. The lowest BCUT2D eigenvalue weighted by molar-refractivity contribution is -0.140. The van der Waals surface area contributed by atoms with E-state index in [-0.39, 0.29) is 28.5 Å². The first-order valence-corrected chi connectivity index (χ1v) is 7.36. The average Bonchev–Trinajstić information content (AvgIpc) is 2.85. The quantitative estimate of drug-likeness (QED) is 0.738. The molecule has 3 N–H and O–H groups in total. The van der Waals surface area contributed by atoms with E-state index in [0.717, 1.165) is 7.11 Å². The van der Waals surface area contributed by atoms with E-state index in [0.29, 0.717) is 5.56 Å². The van der Waals surface area contributed by atoms with Gasteiger partial charge >= 0.3 is 11.9 Å². The zero-order valence-corrected chi connectivity index (χ0v) is 13.8. The van der Waals surface area contributed by atoms with E-state index < -0.39 is 23.3 Å². The molecule has 8 nitrogen and oxygen atoms in total. The molecule has 3 rings (SSSR count). The highest BCUT2D eigenvalue weighted by Crippen LogP contribution is 2.51. The van der Waals surface area contributed by atoms with Crippen molar-refractivity contribution < 1.29 is 28.6 Å². The van der Waals surface area contributed by atoms with Crippen LogP contribution in [0.4, 0.5) is 0 Å². The molecule has 1 atom stereocenters. The maximum atomic E-state index is 13.0. The zero-order chi connectivity index (χ0) is 18.4. The van der Waals surface area contributed by atoms with Crippen LogP contribution in [-0.4, -0.2) is 32.1 Å². The highest BCUT2D eigenvalue weighted by Gasteiger charge is 2.61. The molecular formula is C17H16N2O6. The van der Waals surface area contributed by atoms with Gasteiger partial charge in [0.05, 0.1) is 19.8 Å². The van der Waals surface area contributed by atoms with Gasteiger partial charge in [0, 0.05) is 11.3 Å². The Morgan fingerprint density at radius 3 is 2.36 bits per heavy atom. The van der Waals surface area contributed by atoms with Gasteiger partial charge in [0.15, 0.2) is 0 Å². The van der Waals surface area contributed by atoms with Gasteiger partial charge in [-0.25, -0.2) is 9.59 Å². The van der Waals surface area contributed by atoms with Gasteiger partial charge in [-0.05, 0) is 13.0 Å².